The Balaban J connectivity index is 1.68. The second-order valence-corrected chi connectivity index (χ2v) is 5.46. The molecule has 2 saturated heterocycles. The van der Waals surface area contributed by atoms with Crippen molar-refractivity contribution in [3.05, 3.63) is 23.7 Å². The lowest BCUT2D eigenvalue weighted by molar-refractivity contribution is -0.125. The number of aryl methyl sites for hydroxylation is 1. The number of hydrogen-bond donors (Lipinski definition) is 1. The van der Waals surface area contributed by atoms with Crippen molar-refractivity contribution in [3.8, 4) is 0 Å². The van der Waals surface area contributed by atoms with Crippen molar-refractivity contribution in [2.45, 2.75) is 32.2 Å². The van der Waals surface area contributed by atoms with E-state index in [2.05, 4.69) is 5.32 Å². The van der Waals surface area contributed by atoms with E-state index in [-0.39, 0.29) is 17.9 Å². The molecule has 1 aromatic rings. The van der Waals surface area contributed by atoms with Crippen molar-refractivity contribution in [3.63, 3.8) is 0 Å². The van der Waals surface area contributed by atoms with Gasteiger partial charge in [-0.3, -0.25) is 9.59 Å². The Labute approximate surface area is 111 Å². The van der Waals surface area contributed by atoms with Gasteiger partial charge in [0.1, 0.15) is 12.0 Å². The molecule has 5 nitrogen and oxygen atoms in total. The Morgan fingerprint density at radius 1 is 1.47 bits per heavy atom. The minimum atomic E-state index is 0.0344. The van der Waals surface area contributed by atoms with Gasteiger partial charge < -0.3 is 14.6 Å². The molecule has 102 valence electrons. The number of piperidine rings is 2. The molecule has 2 unspecified atom stereocenters. The van der Waals surface area contributed by atoms with E-state index in [0.717, 1.165) is 25.1 Å². The van der Waals surface area contributed by atoms with Gasteiger partial charge in [0, 0.05) is 25.6 Å². The molecule has 0 spiro atoms. The van der Waals surface area contributed by atoms with Crippen LogP contribution in [-0.4, -0.2) is 35.8 Å². The fraction of sp³-hybridized carbons (Fsp3) is 0.571. The van der Waals surface area contributed by atoms with Gasteiger partial charge in [-0.25, -0.2) is 0 Å². The zero-order valence-corrected chi connectivity index (χ0v) is 11.0. The smallest absolute Gasteiger partial charge is 0.257 e. The summed E-state index contributed by atoms with van der Waals surface area (Å²) >= 11 is 0. The normalized spacial score (nSPS) is 26.8. The summed E-state index contributed by atoms with van der Waals surface area (Å²) in [4.78, 5) is 25.6. The van der Waals surface area contributed by atoms with E-state index in [1.165, 1.54) is 6.26 Å². The van der Waals surface area contributed by atoms with E-state index in [1.54, 1.807) is 6.07 Å². The first-order valence-corrected chi connectivity index (χ1v) is 6.77. The first-order chi connectivity index (χ1) is 9.13. The minimum absolute atomic E-state index is 0.0344. The molecule has 0 aromatic carbocycles. The van der Waals surface area contributed by atoms with Crippen LogP contribution in [0.5, 0.6) is 0 Å². The predicted molar refractivity (Wildman–Crippen MR) is 68.6 cm³/mol. The number of furan rings is 1. The number of carbonyl (C=O) groups excluding carboxylic acids is 2. The summed E-state index contributed by atoms with van der Waals surface area (Å²) in [5, 5.41) is 3.03. The Hall–Kier alpha value is -1.78. The van der Waals surface area contributed by atoms with Crippen LogP contribution in [0.15, 0.2) is 16.7 Å². The van der Waals surface area contributed by atoms with Gasteiger partial charge in [0.15, 0.2) is 0 Å². The number of amides is 2. The van der Waals surface area contributed by atoms with Crippen LogP contribution in [0.3, 0.4) is 0 Å². The summed E-state index contributed by atoms with van der Waals surface area (Å²) in [7, 11) is 0. The van der Waals surface area contributed by atoms with Crippen molar-refractivity contribution in [2.75, 3.05) is 13.1 Å². The van der Waals surface area contributed by atoms with Gasteiger partial charge in [-0.05, 0) is 31.7 Å². The highest BCUT2D eigenvalue weighted by Gasteiger charge is 2.35. The number of likely N-dealkylation sites (tertiary alicyclic amines) is 1. The summed E-state index contributed by atoms with van der Waals surface area (Å²) in [5.74, 6) is 1.32. The molecular weight excluding hydrogens is 244 g/mol. The Morgan fingerprint density at radius 3 is 3.05 bits per heavy atom. The fourth-order valence-corrected chi connectivity index (χ4v) is 3.03. The molecular formula is C14H18N2O3. The van der Waals surface area contributed by atoms with Crippen molar-refractivity contribution in [1.29, 1.82) is 0 Å². The quantitative estimate of drug-likeness (QED) is 0.830. The van der Waals surface area contributed by atoms with Crippen molar-refractivity contribution >= 4 is 11.8 Å². The highest BCUT2D eigenvalue weighted by molar-refractivity contribution is 5.94. The zero-order valence-electron chi connectivity index (χ0n) is 11.0. The topological polar surface area (TPSA) is 62.6 Å². The first-order valence-electron chi connectivity index (χ1n) is 6.77. The molecule has 19 heavy (non-hydrogen) atoms. The van der Waals surface area contributed by atoms with E-state index in [9.17, 15) is 9.59 Å². The van der Waals surface area contributed by atoms with E-state index in [1.807, 2.05) is 11.8 Å². The summed E-state index contributed by atoms with van der Waals surface area (Å²) in [6.45, 7) is 3.26. The Bertz CT molecular complexity index is 509. The van der Waals surface area contributed by atoms with Gasteiger partial charge in [-0.2, -0.15) is 0 Å². The average Bonchev–Trinajstić information content (AvgIpc) is 2.84. The van der Waals surface area contributed by atoms with E-state index in [0.29, 0.717) is 24.4 Å². The third kappa shape index (κ3) is 2.37. The zero-order chi connectivity index (χ0) is 13.4. The molecule has 0 radical (unpaired) electrons. The van der Waals surface area contributed by atoms with Gasteiger partial charge in [-0.1, -0.05) is 0 Å². The Morgan fingerprint density at radius 2 is 2.32 bits per heavy atom. The lowest BCUT2D eigenvalue weighted by Gasteiger charge is -2.41. The highest BCUT2D eigenvalue weighted by Crippen LogP contribution is 2.26. The van der Waals surface area contributed by atoms with E-state index < -0.39 is 0 Å². The van der Waals surface area contributed by atoms with Crippen LogP contribution in [0.4, 0.5) is 0 Å². The highest BCUT2D eigenvalue weighted by atomic mass is 16.3. The summed E-state index contributed by atoms with van der Waals surface area (Å²) < 4.78 is 5.19. The molecule has 1 N–H and O–H groups in total. The number of nitrogens with one attached hydrogen (secondary N) is 1. The lowest BCUT2D eigenvalue weighted by atomic mass is 9.85. The molecule has 3 rings (SSSR count). The minimum Gasteiger partial charge on any atom is -0.469 e. The maximum absolute atomic E-state index is 12.3. The maximum atomic E-state index is 12.3. The molecule has 0 bridgehead atoms. The van der Waals surface area contributed by atoms with Crippen LogP contribution in [0.2, 0.25) is 0 Å². The number of nitrogens with zero attached hydrogens (tertiary/aromatic N) is 1. The monoisotopic (exact) mass is 262 g/mol. The second kappa shape index (κ2) is 4.72. The number of hydrogen-bond acceptors (Lipinski definition) is 3. The average molecular weight is 262 g/mol. The Kier molecular flexibility index (Phi) is 3.05. The van der Waals surface area contributed by atoms with E-state index in [4.69, 9.17) is 4.42 Å². The van der Waals surface area contributed by atoms with Crippen LogP contribution in [-0.2, 0) is 4.79 Å². The molecule has 0 aliphatic carbocycles. The van der Waals surface area contributed by atoms with Gasteiger partial charge in [0.2, 0.25) is 5.91 Å². The summed E-state index contributed by atoms with van der Waals surface area (Å²) in [6.07, 6.45) is 3.82. The second-order valence-electron chi connectivity index (χ2n) is 5.46. The first kappa shape index (κ1) is 12.3. The molecule has 2 atom stereocenters. The summed E-state index contributed by atoms with van der Waals surface area (Å²) in [6, 6.07) is 2.02. The standard InChI is InChI=1S/C14H18N2O3/c1-9-6-11(8-19-9)14(18)16-5-4-12-10(7-16)2-3-13(17)15-12/h6,8,10,12H,2-5,7H2,1H3,(H,15,17). The van der Waals surface area contributed by atoms with E-state index >= 15 is 0 Å². The fourth-order valence-electron chi connectivity index (χ4n) is 3.03. The molecule has 2 aliphatic heterocycles. The molecule has 2 fully saturated rings. The van der Waals surface area contributed by atoms with Gasteiger partial charge in [-0.15, -0.1) is 0 Å². The number of rotatable bonds is 1. The van der Waals surface area contributed by atoms with Gasteiger partial charge >= 0.3 is 0 Å². The van der Waals surface area contributed by atoms with Crippen LogP contribution in [0.1, 0.15) is 35.4 Å². The van der Waals surface area contributed by atoms with Gasteiger partial charge in [0.05, 0.1) is 5.56 Å². The maximum Gasteiger partial charge on any atom is 0.257 e. The van der Waals surface area contributed by atoms with Gasteiger partial charge in [0.25, 0.3) is 5.91 Å². The SMILES string of the molecule is Cc1cc(C(=O)N2CCC3NC(=O)CCC3C2)co1. The molecule has 5 heteroatoms. The molecule has 3 heterocycles. The third-order valence-corrected chi connectivity index (χ3v) is 4.09. The lowest BCUT2D eigenvalue weighted by Crippen LogP contribution is -2.55. The number of carbonyl (C=O) groups is 2. The molecule has 2 amide bonds. The molecule has 1 aromatic heterocycles. The van der Waals surface area contributed by atoms with Crippen molar-refractivity contribution in [2.24, 2.45) is 5.92 Å². The van der Waals surface area contributed by atoms with Crippen LogP contribution >= 0.6 is 0 Å². The molecule has 2 aliphatic rings. The van der Waals surface area contributed by atoms with Crippen molar-refractivity contribution < 1.29 is 14.0 Å². The van der Waals surface area contributed by atoms with Crippen LogP contribution in [0.25, 0.3) is 0 Å². The largest absolute Gasteiger partial charge is 0.469 e. The van der Waals surface area contributed by atoms with Crippen LogP contribution < -0.4 is 5.32 Å². The van der Waals surface area contributed by atoms with Crippen LogP contribution in [0, 0.1) is 12.8 Å². The number of fused-ring (bicyclic) bond motifs is 1. The molecule has 0 saturated carbocycles. The summed E-state index contributed by atoms with van der Waals surface area (Å²) in [5.41, 5.74) is 0.621. The van der Waals surface area contributed by atoms with Crippen molar-refractivity contribution in [1.82, 2.24) is 10.2 Å². The predicted octanol–water partition coefficient (Wildman–Crippen LogP) is 1.33. The third-order valence-electron chi connectivity index (χ3n) is 4.09.